The number of hydrogen-bond acceptors (Lipinski definition) is 6. The van der Waals surface area contributed by atoms with Crippen molar-refractivity contribution in [1.29, 1.82) is 0 Å². The normalized spacial score (nSPS) is 13.7. The Morgan fingerprint density at radius 2 is 1.45 bits per heavy atom. The first-order valence-electron chi connectivity index (χ1n) is 10.7. The van der Waals surface area contributed by atoms with E-state index in [1.165, 1.54) is 0 Å². The molecule has 3 aromatic rings. The van der Waals surface area contributed by atoms with Gasteiger partial charge in [-0.1, -0.05) is 18.2 Å². The van der Waals surface area contributed by atoms with E-state index in [4.69, 9.17) is 19.2 Å². The van der Waals surface area contributed by atoms with Crippen LogP contribution in [0.3, 0.4) is 0 Å². The number of piperazine rings is 1. The summed E-state index contributed by atoms with van der Waals surface area (Å²) in [5.74, 6) is 1.46. The van der Waals surface area contributed by atoms with Crippen molar-refractivity contribution in [3.8, 4) is 28.5 Å². The maximum atomic E-state index is 13.5. The SMILES string of the molecule is COc1cc(-c2cc(C(=O)N3CCN(C(C)=O)CC3)c3ccccc3n2)cc(OC)c1OC. The van der Waals surface area contributed by atoms with Gasteiger partial charge in [-0.3, -0.25) is 9.59 Å². The summed E-state index contributed by atoms with van der Waals surface area (Å²) >= 11 is 0. The molecular formula is C25H27N3O5. The van der Waals surface area contributed by atoms with Gasteiger partial charge in [-0.2, -0.15) is 0 Å². The Morgan fingerprint density at radius 3 is 2.03 bits per heavy atom. The summed E-state index contributed by atoms with van der Waals surface area (Å²) in [7, 11) is 4.67. The van der Waals surface area contributed by atoms with E-state index in [2.05, 4.69) is 0 Å². The Bertz CT molecular complexity index is 1180. The van der Waals surface area contributed by atoms with Crippen molar-refractivity contribution in [3.05, 3.63) is 48.0 Å². The number of carbonyl (C=O) groups excluding carboxylic acids is 2. The number of pyridine rings is 1. The van der Waals surface area contributed by atoms with Gasteiger partial charge in [0.05, 0.1) is 38.1 Å². The van der Waals surface area contributed by atoms with Gasteiger partial charge in [-0.15, -0.1) is 0 Å². The lowest BCUT2D eigenvalue weighted by Gasteiger charge is -2.34. The second kappa shape index (κ2) is 9.36. The van der Waals surface area contributed by atoms with E-state index in [1.54, 1.807) is 38.1 Å². The Balaban J connectivity index is 1.79. The lowest BCUT2D eigenvalue weighted by molar-refractivity contribution is -0.130. The number of methoxy groups -OCH3 is 3. The minimum atomic E-state index is -0.0782. The molecule has 1 saturated heterocycles. The number of para-hydroxylation sites is 1. The average molecular weight is 450 g/mol. The van der Waals surface area contributed by atoms with Crippen LogP contribution in [0.25, 0.3) is 22.2 Å². The standard InChI is InChI=1S/C25H27N3O5/c1-16(29)27-9-11-28(12-10-27)25(30)19-15-21(26-20-8-6-5-7-18(19)20)17-13-22(31-2)24(33-4)23(14-17)32-3/h5-8,13-15H,9-12H2,1-4H3. The first kappa shape index (κ1) is 22.4. The van der Waals surface area contributed by atoms with Crippen LogP contribution in [-0.2, 0) is 4.79 Å². The zero-order valence-corrected chi connectivity index (χ0v) is 19.3. The summed E-state index contributed by atoms with van der Waals surface area (Å²) in [5.41, 5.74) is 2.65. The van der Waals surface area contributed by atoms with Gasteiger partial charge < -0.3 is 24.0 Å². The van der Waals surface area contributed by atoms with E-state index >= 15 is 0 Å². The fraction of sp³-hybridized carbons (Fsp3) is 0.320. The molecule has 1 aromatic heterocycles. The Hall–Kier alpha value is -3.81. The average Bonchev–Trinajstić information content (AvgIpc) is 2.86. The number of amides is 2. The predicted molar refractivity (Wildman–Crippen MR) is 125 cm³/mol. The second-order valence-corrected chi connectivity index (χ2v) is 7.78. The lowest BCUT2D eigenvalue weighted by atomic mass is 10.0. The Kier molecular flexibility index (Phi) is 6.35. The molecule has 1 aliphatic rings. The van der Waals surface area contributed by atoms with E-state index < -0.39 is 0 Å². The minimum absolute atomic E-state index is 0.0288. The summed E-state index contributed by atoms with van der Waals surface area (Å²) < 4.78 is 16.4. The van der Waals surface area contributed by atoms with Crippen molar-refractivity contribution in [1.82, 2.24) is 14.8 Å². The topological polar surface area (TPSA) is 81.2 Å². The van der Waals surface area contributed by atoms with E-state index in [9.17, 15) is 9.59 Å². The van der Waals surface area contributed by atoms with Crippen LogP contribution in [0, 0.1) is 0 Å². The second-order valence-electron chi connectivity index (χ2n) is 7.78. The van der Waals surface area contributed by atoms with E-state index in [-0.39, 0.29) is 11.8 Å². The third-order valence-corrected chi connectivity index (χ3v) is 5.92. The molecule has 0 spiro atoms. The minimum Gasteiger partial charge on any atom is -0.493 e. The largest absolute Gasteiger partial charge is 0.493 e. The summed E-state index contributed by atoms with van der Waals surface area (Å²) in [6, 6.07) is 13.0. The van der Waals surface area contributed by atoms with E-state index in [0.717, 1.165) is 16.5 Å². The summed E-state index contributed by atoms with van der Waals surface area (Å²) in [6.07, 6.45) is 0. The molecule has 0 atom stereocenters. The van der Waals surface area contributed by atoms with Crippen molar-refractivity contribution >= 4 is 22.7 Å². The summed E-state index contributed by atoms with van der Waals surface area (Å²) in [4.78, 5) is 33.6. The van der Waals surface area contributed by atoms with Crippen LogP contribution in [0.15, 0.2) is 42.5 Å². The molecule has 8 nitrogen and oxygen atoms in total. The molecule has 2 aromatic carbocycles. The number of hydrogen-bond donors (Lipinski definition) is 0. The van der Waals surface area contributed by atoms with Crippen molar-refractivity contribution in [2.24, 2.45) is 0 Å². The fourth-order valence-electron chi connectivity index (χ4n) is 4.12. The highest BCUT2D eigenvalue weighted by Gasteiger charge is 2.25. The molecule has 0 unspecified atom stereocenters. The van der Waals surface area contributed by atoms with Crippen LogP contribution in [0.1, 0.15) is 17.3 Å². The van der Waals surface area contributed by atoms with Crippen LogP contribution >= 0.6 is 0 Å². The predicted octanol–water partition coefficient (Wildman–Crippen LogP) is 3.23. The van der Waals surface area contributed by atoms with Gasteiger partial charge in [-0.25, -0.2) is 4.98 Å². The first-order valence-corrected chi connectivity index (χ1v) is 10.7. The zero-order valence-electron chi connectivity index (χ0n) is 19.3. The van der Waals surface area contributed by atoms with Gasteiger partial charge in [0, 0.05) is 44.1 Å². The molecule has 0 bridgehead atoms. The van der Waals surface area contributed by atoms with Crippen molar-refractivity contribution < 1.29 is 23.8 Å². The van der Waals surface area contributed by atoms with E-state index in [0.29, 0.717) is 54.7 Å². The molecule has 1 fully saturated rings. The van der Waals surface area contributed by atoms with Crippen molar-refractivity contribution in [2.75, 3.05) is 47.5 Å². The van der Waals surface area contributed by atoms with Crippen LogP contribution < -0.4 is 14.2 Å². The maximum absolute atomic E-state index is 13.5. The summed E-state index contributed by atoms with van der Waals surface area (Å²) in [6.45, 7) is 3.61. The molecule has 172 valence electrons. The van der Waals surface area contributed by atoms with Gasteiger partial charge in [0.2, 0.25) is 11.7 Å². The molecule has 33 heavy (non-hydrogen) atoms. The number of aromatic nitrogens is 1. The first-order chi connectivity index (χ1) is 16.0. The number of benzene rings is 2. The molecular weight excluding hydrogens is 422 g/mol. The van der Waals surface area contributed by atoms with Gasteiger partial charge in [0.15, 0.2) is 11.5 Å². The van der Waals surface area contributed by atoms with Gasteiger partial charge in [-0.05, 0) is 24.3 Å². The van der Waals surface area contributed by atoms with Crippen LogP contribution in [0.5, 0.6) is 17.2 Å². The third kappa shape index (κ3) is 4.28. The molecule has 1 aliphatic heterocycles. The fourth-order valence-corrected chi connectivity index (χ4v) is 4.12. The van der Waals surface area contributed by atoms with Crippen molar-refractivity contribution in [3.63, 3.8) is 0 Å². The Labute approximate surface area is 192 Å². The molecule has 2 heterocycles. The number of ether oxygens (including phenoxy) is 3. The highest BCUT2D eigenvalue weighted by atomic mass is 16.5. The number of carbonyl (C=O) groups is 2. The monoisotopic (exact) mass is 449 g/mol. The van der Waals surface area contributed by atoms with Crippen LogP contribution in [-0.4, -0.2) is 74.1 Å². The molecule has 0 radical (unpaired) electrons. The molecule has 4 rings (SSSR count). The Morgan fingerprint density at radius 1 is 0.848 bits per heavy atom. The quantitative estimate of drug-likeness (QED) is 0.595. The number of fused-ring (bicyclic) bond motifs is 1. The van der Waals surface area contributed by atoms with Gasteiger partial charge in [0.1, 0.15) is 0 Å². The van der Waals surface area contributed by atoms with Crippen LogP contribution in [0.2, 0.25) is 0 Å². The molecule has 0 saturated carbocycles. The lowest BCUT2D eigenvalue weighted by Crippen LogP contribution is -2.50. The van der Waals surface area contributed by atoms with Crippen LogP contribution in [0.4, 0.5) is 0 Å². The van der Waals surface area contributed by atoms with Gasteiger partial charge >= 0.3 is 0 Å². The molecule has 8 heteroatoms. The van der Waals surface area contributed by atoms with Crippen molar-refractivity contribution in [2.45, 2.75) is 6.92 Å². The maximum Gasteiger partial charge on any atom is 0.254 e. The van der Waals surface area contributed by atoms with E-state index in [1.807, 2.05) is 42.5 Å². The number of rotatable bonds is 5. The highest BCUT2D eigenvalue weighted by Crippen LogP contribution is 2.41. The molecule has 2 amide bonds. The third-order valence-electron chi connectivity index (χ3n) is 5.92. The summed E-state index contributed by atoms with van der Waals surface area (Å²) in [5, 5.41) is 0.785. The number of nitrogens with zero attached hydrogens (tertiary/aromatic N) is 3. The zero-order chi connectivity index (χ0) is 23.5. The molecule has 0 aliphatic carbocycles. The van der Waals surface area contributed by atoms with Gasteiger partial charge in [0.25, 0.3) is 5.91 Å². The smallest absolute Gasteiger partial charge is 0.254 e. The molecule has 0 N–H and O–H groups in total. The highest BCUT2D eigenvalue weighted by molar-refractivity contribution is 6.07.